The average Bonchev–Trinajstić information content (AvgIpc) is 2.40. The average molecular weight is 159 g/mol. The molecule has 2 rings (SSSR count). The Morgan fingerprint density at radius 3 is 3.00 bits per heavy atom. The molecule has 0 aliphatic carbocycles. The van der Waals surface area contributed by atoms with E-state index in [1.807, 2.05) is 6.08 Å². The molecule has 0 aromatic heterocycles. The molecule has 0 bridgehead atoms. The van der Waals surface area contributed by atoms with Crippen molar-refractivity contribution in [1.82, 2.24) is 4.90 Å². The van der Waals surface area contributed by atoms with Crippen LogP contribution in [0.3, 0.4) is 0 Å². The summed E-state index contributed by atoms with van der Waals surface area (Å²) < 4.78 is 0. The Morgan fingerprint density at radius 1 is 1.50 bits per heavy atom. The zero-order valence-electron chi connectivity index (χ0n) is 7.33. The minimum Gasteiger partial charge on any atom is -0.292 e. The van der Waals surface area contributed by atoms with Gasteiger partial charge in [0.1, 0.15) is 0 Å². The molecule has 0 amide bonds. The summed E-state index contributed by atoms with van der Waals surface area (Å²) in [6, 6.07) is 8.98. The molecular formula is C11H13N. The molecule has 1 nitrogen and oxygen atoms in total. The highest BCUT2D eigenvalue weighted by molar-refractivity contribution is 5.36. The van der Waals surface area contributed by atoms with Crippen LogP contribution in [0.4, 0.5) is 0 Å². The Labute approximate surface area is 73.3 Å². The minimum atomic E-state index is 0.418. The zero-order valence-corrected chi connectivity index (χ0v) is 7.33. The lowest BCUT2D eigenvalue weighted by Gasteiger charge is -2.15. The van der Waals surface area contributed by atoms with Gasteiger partial charge in [0, 0.05) is 6.54 Å². The second-order valence-electron chi connectivity index (χ2n) is 3.29. The van der Waals surface area contributed by atoms with Gasteiger partial charge in [-0.15, -0.1) is 6.58 Å². The molecule has 12 heavy (non-hydrogen) atoms. The quantitative estimate of drug-likeness (QED) is 0.568. The first kappa shape index (κ1) is 7.56. The predicted molar refractivity (Wildman–Crippen MR) is 50.8 cm³/mol. The van der Waals surface area contributed by atoms with Gasteiger partial charge in [-0.2, -0.15) is 0 Å². The number of fused-ring (bicyclic) bond motifs is 1. The van der Waals surface area contributed by atoms with Gasteiger partial charge in [-0.3, -0.25) is 4.90 Å². The number of hydrogen-bond acceptors (Lipinski definition) is 1. The maximum atomic E-state index is 3.85. The van der Waals surface area contributed by atoms with Crippen molar-refractivity contribution in [1.29, 1.82) is 0 Å². The molecule has 0 N–H and O–H groups in total. The molecule has 1 atom stereocenters. The Balaban J connectivity index is 2.47. The fraction of sp³-hybridized carbons (Fsp3) is 0.273. The van der Waals surface area contributed by atoms with Crippen molar-refractivity contribution < 1.29 is 0 Å². The predicted octanol–water partition coefficient (Wildman–Crippen LogP) is 2.36. The van der Waals surface area contributed by atoms with Gasteiger partial charge in [0.25, 0.3) is 0 Å². The van der Waals surface area contributed by atoms with Gasteiger partial charge >= 0.3 is 0 Å². The van der Waals surface area contributed by atoms with E-state index in [0.29, 0.717) is 6.04 Å². The topological polar surface area (TPSA) is 3.24 Å². The molecule has 62 valence electrons. The normalized spacial score (nSPS) is 22.2. The monoisotopic (exact) mass is 159 g/mol. The first-order chi connectivity index (χ1) is 5.83. The van der Waals surface area contributed by atoms with Crippen molar-refractivity contribution >= 4 is 0 Å². The first-order valence-corrected chi connectivity index (χ1v) is 4.23. The van der Waals surface area contributed by atoms with Gasteiger partial charge in [0.15, 0.2) is 0 Å². The number of nitrogens with zero attached hydrogens (tertiary/aromatic N) is 1. The van der Waals surface area contributed by atoms with E-state index in [1.54, 1.807) is 0 Å². The van der Waals surface area contributed by atoms with E-state index in [-0.39, 0.29) is 0 Å². The van der Waals surface area contributed by atoms with Crippen LogP contribution in [0.1, 0.15) is 17.2 Å². The van der Waals surface area contributed by atoms with Crippen LogP contribution in [-0.2, 0) is 6.54 Å². The maximum Gasteiger partial charge on any atom is 0.0532 e. The largest absolute Gasteiger partial charge is 0.292 e. The number of likely N-dealkylation sites (N-methyl/N-ethyl adjacent to an activating group) is 1. The Hall–Kier alpha value is -1.08. The van der Waals surface area contributed by atoms with Crippen LogP contribution in [-0.4, -0.2) is 11.9 Å². The summed E-state index contributed by atoms with van der Waals surface area (Å²) in [6.45, 7) is 4.90. The maximum absolute atomic E-state index is 3.85. The standard InChI is InChI=1S/C11H13N/c1-3-11-10-7-5-4-6-9(10)8-12(11)2/h3-7,11H,1,8H2,2H3. The molecule has 0 radical (unpaired) electrons. The highest BCUT2D eigenvalue weighted by Crippen LogP contribution is 2.32. The molecule has 0 saturated heterocycles. The van der Waals surface area contributed by atoms with Crippen LogP contribution in [0.25, 0.3) is 0 Å². The van der Waals surface area contributed by atoms with E-state index >= 15 is 0 Å². The molecule has 0 saturated carbocycles. The fourth-order valence-corrected chi connectivity index (χ4v) is 1.88. The van der Waals surface area contributed by atoms with Crippen LogP contribution in [0.15, 0.2) is 36.9 Å². The van der Waals surface area contributed by atoms with Crippen molar-refractivity contribution in [3.63, 3.8) is 0 Å². The van der Waals surface area contributed by atoms with Crippen molar-refractivity contribution in [2.24, 2.45) is 0 Å². The third-order valence-electron chi connectivity index (χ3n) is 2.49. The molecule has 1 heterocycles. The lowest BCUT2D eigenvalue weighted by Crippen LogP contribution is -2.13. The zero-order chi connectivity index (χ0) is 8.55. The summed E-state index contributed by atoms with van der Waals surface area (Å²) in [4.78, 5) is 2.30. The van der Waals surface area contributed by atoms with Crippen LogP contribution in [0.2, 0.25) is 0 Å². The number of rotatable bonds is 1. The molecule has 1 aliphatic rings. The van der Waals surface area contributed by atoms with E-state index < -0.39 is 0 Å². The van der Waals surface area contributed by atoms with Gasteiger partial charge in [-0.25, -0.2) is 0 Å². The third kappa shape index (κ3) is 0.978. The summed E-state index contributed by atoms with van der Waals surface area (Å²) in [7, 11) is 2.13. The van der Waals surface area contributed by atoms with Gasteiger partial charge < -0.3 is 0 Å². The van der Waals surface area contributed by atoms with Crippen molar-refractivity contribution in [3.05, 3.63) is 48.0 Å². The van der Waals surface area contributed by atoms with Gasteiger partial charge in [0.2, 0.25) is 0 Å². The Morgan fingerprint density at radius 2 is 2.25 bits per heavy atom. The summed E-state index contributed by atoms with van der Waals surface area (Å²) in [6.07, 6.45) is 2.01. The van der Waals surface area contributed by atoms with Crippen molar-refractivity contribution in [2.75, 3.05) is 7.05 Å². The van der Waals surface area contributed by atoms with E-state index in [2.05, 4.69) is 42.8 Å². The van der Waals surface area contributed by atoms with E-state index in [0.717, 1.165) is 6.54 Å². The molecule has 0 fully saturated rings. The second-order valence-corrected chi connectivity index (χ2v) is 3.29. The molecule has 1 aromatic rings. The van der Waals surface area contributed by atoms with Crippen molar-refractivity contribution in [2.45, 2.75) is 12.6 Å². The van der Waals surface area contributed by atoms with Gasteiger partial charge in [0.05, 0.1) is 6.04 Å². The van der Waals surface area contributed by atoms with Crippen LogP contribution < -0.4 is 0 Å². The molecular weight excluding hydrogens is 146 g/mol. The van der Waals surface area contributed by atoms with E-state index in [9.17, 15) is 0 Å². The SMILES string of the molecule is C=CC1c2ccccc2CN1C. The van der Waals surface area contributed by atoms with Crippen LogP contribution >= 0.6 is 0 Å². The number of hydrogen-bond donors (Lipinski definition) is 0. The Bertz CT molecular complexity index is 304. The molecule has 1 unspecified atom stereocenters. The second kappa shape index (κ2) is 2.76. The number of benzene rings is 1. The minimum absolute atomic E-state index is 0.418. The summed E-state index contributed by atoms with van der Waals surface area (Å²) in [5.74, 6) is 0. The van der Waals surface area contributed by atoms with Gasteiger partial charge in [-0.1, -0.05) is 30.3 Å². The molecule has 1 aromatic carbocycles. The third-order valence-corrected chi connectivity index (χ3v) is 2.49. The van der Waals surface area contributed by atoms with Gasteiger partial charge in [-0.05, 0) is 18.2 Å². The summed E-state index contributed by atoms with van der Waals surface area (Å²) in [5, 5.41) is 0. The smallest absolute Gasteiger partial charge is 0.0532 e. The first-order valence-electron chi connectivity index (χ1n) is 4.23. The lowest BCUT2D eigenvalue weighted by atomic mass is 10.1. The summed E-state index contributed by atoms with van der Waals surface area (Å²) >= 11 is 0. The summed E-state index contributed by atoms with van der Waals surface area (Å²) in [5.41, 5.74) is 2.85. The van der Waals surface area contributed by atoms with E-state index in [1.165, 1.54) is 11.1 Å². The Kier molecular flexibility index (Phi) is 1.74. The lowest BCUT2D eigenvalue weighted by molar-refractivity contribution is 0.312. The van der Waals surface area contributed by atoms with Crippen LogP contribution in [0, 0.1) is 0 Å². The van der Waals surface area contributed by atoms with Crippen molar-refractivity contribution in [3.8, 4) is 0 Å². The van der Waals surface area contributed by atoms with Crippen LogP contribution in [0.5, 0.6) is 0 Å². The fourth-order valence-electron chi connectivity index (χ4n) is 1.88. The highest BCUT2D eigenvalue weighted by Gasteiger charge is 2.23. The highest BCUT2D eigenvalue weighted by atomic mass is 15.1. The van der Waals surface area contributed by atoms with E-state index in [4.69, 9.17) is 0 Å². The molecule has 0 spiro atoms. The molecule has 1 aliphatic heterocycles. The molecule has 1 heteroatoms.